The molecular formula is C22H34ClN3O4. The Labute approximate surface area is 184 Å². The van der Waals surface area contributed by atoms with Crippen LogP contribution in [0.4, 0.5) is 5.69 Å². The number of benzene rings is 1. The van der Waals surface area contributed by atoms with Gasteiger partial charge in [0.25, 0.3) is 5.91 Å². The number of ether oxygens (including phenoxy) is 3. The molecule has 1 saturated heterocycles. The van der Waals surface area contributed by atoms with Gasteiger partial charge in [-0.2, -0.15) is 0 Å². The zero-order chi connectivity index (χ0) is 21.5. The van der Waals surface area contributed by atoms with Crippen LogP contribution in [0.2, 0.25) is 5.02 Å². The summed E-state index contributed by atoms with van der Waals surface area (Å²) in [5, 5.41) is 3.42. The summed E-state index contributed by atoms with van der Waals surface area (Å²) in [6.07, 6.45) is 7.42. The minimum absolute atomic E-state index is 0.0842. The predicted molar refractivity (Wildman–Crippen MR) is 118 cm³/mol. The molecule has 1 aromatic rings. The molecule has 1 heterocycles. The number of halogens is 1. The highest BCUT2D eigenvalue weighted by Gasteiger charge is 2.31. The Bertz CT molecular complexity index is 712. The lowest BCUT2D eigenvalue weighted by Crippen LogP contribution is -2.55. The van der Waals surface area contributed by atoms with E-state index >= 15 is 0 Å². The van der Waals surface area contributed by atoms with E-state index < -0.39 is 0 Å². The van der Waals surface area contributed by atoms with Gasteiger partial charge in [-0.3, -0.25) is 9.69 Å². The second-order valence-corrected chi connectivity index (χ2v) is 8.56. The lowest BCUT2D eigenvalue weighted by molar-refractivity contribution is -0.0188. The summed E-state index contributed by atoms with van der Waals surface area (Å²) in [4.78, 5) is 15.2. The topological polar surface area (TPSA) is 86.0 Å². The van der Waals surface area contributed by atoms with E-state index in [1.165, 1.54) is 39.2 Å². The van der Waals surface area contributed by atoms with Crippen molar-refractivity contribution in [3.63, 3.8) is 0 Å². The lowest BCUT2D eigenvalue weighted by atomic mass is 9.98. The van der Waals surface area contributed by atoms with Crippen molar-refractivity contribution in [3.05, 3.63) is 22.7 Å². The van der Waals surface area contributed by atoms with Gasteiger partial charge >= 0.3 is 0 Å². The molecule has 3 N–H and O–H groups in total. The van der Waals surface area contributed by atoms with Crippen LogP contribution < -0.4 is 15.8 Å². The molecule has 2 atom stereocenters. The maximum atomic E-state index is 12.9. The molecule has 1 aliphatic carbocycles. The van der Waals surface area contributed by atoms with E-state index in [1.54, 1.807) is 19.2 Å². The number of likely N-dealkylation sites (tertiary alicyclic amines) is 1. The largest absolute Gasteiger partial charge is 0.496 e. The van der Waals surface area contributed by atoms with Crippen molar-refractivity contribution in [1.29, 1.82) is 0 Å². The molecule has 168 valence electrons. The van der Waals surface area contributed by atoms with Crippen molar-refractivity contribution in [3.8, 4) is 5.75 Å². The van der Waals surface area contributed by atoms with Crippen LogP contribution >= 0.6 is 11.6 Å². The van der Waals surface area contributed by atoms with Crippen molar-refractivity contribution in [2.24, 2.45) is 0 Å². The molecule has 2 aliphatic rings. The molecule has 1 aliphatic heterocycles. The molecule has 0 bridgehead atoms. The quantitative estimate of drug-likeness (QED) is 0.605. The molecule has 30 heavy (non-hydrogen) atoms. The number of nitrogens with two attached hydrogens (primary N) is 1. The van der Waals surface area contributed by atoms with Gasteiger partial charge in [-0.05, 0) is 25.3 Å². The lowest BCUT2D eigenvalue weighted by Gasteiger charge is -2.38. The van der Waals surface area contributed by atoms with Crippen molar-refractivity contribution in [2.75, 3.05) is 46.2 Å². The van der Waals surface area contributed by atoms with Crippen molar-refractivity contribution in [2.45, 2.75) is 56.8 Å². The SMILES string of the molecule is COc1cc(N)c(Cl)cc1C(=O)N[C@H]1CCN(CCOC2CCCCC2)C[C@H]1OC. The van der Waals surface area contributed by atoms with Crippen LogP contribution in [0, 0.1) is 0 Å². The van der Waals surface area contributed by atoms with E-state index in [0.717, 1.165) is 32.7 Å². The number of nitrogens with one attached hydrogen (secondary N) is 1. The number of nitrogens with zero attached hydrogens (tertiary/aromatic N) is 1. The van der Waals surface area contributed by atoms with Gasteiger partial charge in [-0.1, -0.05) is 30.9 Å². The molecule has 0 aromatic heterocycles. The third-order valence-corrected chi connectivity index (χ3v) is 6.47. The third-order valence-electron chi connectivity index (χ3n) is 6.14. The molecule has 1 aromatic carbocycles. The molecular weight excluding hydrogens is 406 g/mol. The summed E-state index contributed by atoms with van der Waals surface area (Å²) in [7, 11) is 3.19. The fraction of sp³-hybridized carbons (Fsp3) is 0.682. The number of methoxy groups -OCH3 is 2. The van der Waals surface area contributed by atoms with Gasteiger partial charge in [-0.25, -0.2) is 0 Å². The number of piperidine rings is 1. The molecule has 0 unspecified atom stereocenters. The molecule has 3 rings (SSSR count). The highest BCUT2D eigenvalue weighted by atomic mass is 35.5. The standard InChI is InChI=1S/C22H34ClN3O4/c1-28-20-13-18(24)17(23)12-16(20)22(27)25-19-8-9-26(14-21(19)29-2)10-11-30-15-6-4-3-5-7-15/h12-13,15,19,21H,3-11,14,24H2,1-2H3,(H,25,27)/t19-,21+/m0/s1. The normalized spacial score (nSPS) is 23.3. The first-order chi connectivity index (χ1) is 14.5. The number of hydrogen-bond acceptors (Lipinski definition) is 6. The minimum Gasteiger partial charge on any atom is -0.496 e. The maximum Gasteiger partial charge on any atom is 0.255 e. The average Bonchev–Trinajstić information content (AvgIpc) is 2.76. The molecule has 0 spiro atoms. The number of nitrogen functional groups attached to an aromatic ring is 1. The number of anilines is 1. The summed E-state index contributed by atoms with van der Waals surface area (Å²) in [5.41, 5.74) is 6.56. The van der Waals surface area contributed by atoms with E-state index in [0.29, 0.717) is 28.1 Å². The van der Waals surface area contributed by atoms with Crippen molar-refractivity contribution >= 4 is 23.2 Å². The summed E-state index contributed by atoms with van der Waals surface area (Å²) in [5.74, 6) is 0.163. The van der Waals surface area contributed by atoms with Crippen LogP contribution in [0.25, 0.3) is 0 Å². The Morgan fingerprint density at radius 3 is 2.70 bits per heavy atom. The zero-order valence-corrected chi connectivity index (χ0v) is 18.7. The molecule has 1 amide bonds. The fourth-order valence-electron chi connectivity index (χ4n) is 4.33. The van der Waals surface area contributed by atoms with Gasteiger partial charge < -0.3 is 25.3 Å². The predicted octanol–water partition coefficient (Wildman–Crippen LogP) is 3.10. The summed E-state index contributed by atoms with van der Waals surface area (Å²) in [6, 6.07) is 3.03. The number of rotatable bonds is 8. The smallest absolute Gasteiger partial charge is 0.255 e. The molecule has 2 fully saturated rings. The zero-order valence-electron chi connectivity index (χ0n) is 18.0. The number of carbonyl (C=O) groups is 1. The van der Waals surface area contributed by atoms with Crippen LogP contribution in [0.5, 0.6) is 5.75 Å². The van der Waals surface area contributed by atoms with Crippen LogP contribution in [0.15, 0.2) is 12.1 Å². The Morgan fingerprint density at radius 2 is 2.00 bits per heavy atom. The van der Waals surface area contributed by atoms with Crippen molar-refractivity contribution < 1.29 is 19.0 Å². The summed E-state index contributed by atoms with van der Waals surface area (Å²) < 4.78 is 17.1. The van der Waals surface area contributed by atoms with E-state index in [9.17, 15) is 4.79 Å². The first kappa shape index (κ1) is 23.1. The third kappa shape index (κ3) is 6.00. The Morgan fingerprint density at radius 1 is 1.23 bits per heavy atom. The monoisotopic (exact) mass is 439 g/mol. The molecule has 0 radical (unpaired) electrons. The van der Waals surface area contributed by atoms with Crippen molar-refractivity contribution in [1.82, 2.24) is 10.2 Å². The molecule has 8 heteroatoms. The van der Waals surface area contributed by atoms with Crippen LogP contribution in [-0.2, 0) is 9.47 Å². The average molecular weight is 440 g/mol. The number of amides is 1. The van der Waals surface area contributed by atoms with Crippen LogP contribution in [-0.4, -0.2) is 69.5 Å². The van der Waals surface area contributed by atoms with Gasteiger partial charge in [0.05, 0.1) is 48.2 Å². The number of carbonyl (C=O) groups excluding carboxylic acids is 1. The van der Waals surface area contributed by atoms with E-state index in [2.05, 4.69) is 10.2 Å². The van der Waals surface area contributed by atoms with E-state index in [1.807, 2.05) is 0 Å². The van der Waals surface area contributed by atoms with E-state index in [-0.39, 0.29) is 18.1 Å². The maximum absolute atomic E-state index is 12.9. The first-order valence-corrected chi connectivity index (χ1v) is 11.2. The Hall–Kier alpha value is -1.54. The summed E-state index contributed by atoms with van der Waals surface area (Å²) >= 11 is 6.11. The number of hydrogen-bond donors (Lipinski definition) is 2. The van der Waals surface area contributed by atoms with Crippen LogP contribution in [0.3, 0.4) is 0 Å². The second kappa shape index (κ2) is 11.2. The second-order valence-electron chi connectivity index (χ2n) is 8.15. The highest BCUT2D eigenvalue weighted by molar-refractivity contribution is 6.33. The van der Waals surface area contributed by atoms with Gasteiger partial charge in [0, 0.05) is 32.8 Å². The highest BCUT2D eigenvalue weighted by Crippen LogP contribution is 2.29. The Kier molecular flexibility index (Phi) is 8.62. The van der Waals surface area contributed by atoms with Gasteiger partial charge in [0.2, 0.25) is 0 Å². The fourth-order valence-corrected chi connectivity index (χ4v) is 4.49. The minimum atomic E-state index is -0.241. The van der Waals surface area contributed by atoms with Gasteiger partial charge in [0.15, 0.2) is 0 Å². The molecule has 7 nitrogen and oxygen atoms in total. The van der Waals surface area contributed by atoms with Crippen LogP contribution in [0.1, 0.15) is 48.9 Å². The molecule has 1 saturated carbocycles. The summed E-state index contributed by atoms with van der Waals surface area (Å²) in [6.45, 7) is 3.28. The first-order valence-electron chi connectivity index (χ1n) is 10.8. The Balaban J connectivity index is 1.51. The van der Waals surface area contributed by atoms with Gasteiger partial charge in [0.1, 0.15) is 5.75 Å². The van der Waals surface area contributed by atoms with E-state index in [4.69, 9.17) is 31.5 Å². The van der Waals surface area contributed by atoms with Gasteiger partial charge in [-0.15, -0.1) is 0 Å².